The quantitative estimate of drug-likeness (QED) is 0.569. The van der Waals surface area contributed by atoms with E-state index in [1.807, 2.05) is 0 Å². The molecular formula is C13H26N2O2. The Hall–Kier alpha value is -0.580. The average Bonchev–Trinajstić information content (AvgIpc) is 2.26. The zero-order valence-corrected chi connectivity index (χ0v) is 11.7. The molecule has 0 saturated heterocycles. The van der Waals surface area contributed by atoms with E-state index in [0.29, 0.717) is 18.6 Å². The summed E-state index contributed by atoms with van der Waals surface area (Å²) < 4.78 is 0. The van der Waals surface area contributed by atoms with Crippen LogP contribution in [0.1, 0.15) is 27.2 Å². The van der Waals surface area contributed by atoms with Crippen LogP contribution in [-0.4, -0.2) is 44.8 Å². The molecule has 0 aromatic heterocycles. The standard InChI is InChI=1S/C13H26N2O2/c1-10(2)13(9-17-16-5)14-12-6-7-15(4)8-11(12)3/h10,13-14H,6-9H2,1-5H3/t13-/m0/s1. The predicted octanol–water partition coefficient (Wildman–Crippen LogP) is 1.79. The molecule has 1 heterocycles. The van der Waals surface area contributed by atoms with Crippen molar-refractivity contribution in [2.45, 2.75) is 33.2 Å². The van der Waals surface area contributed by atoms with Crippen LogP contribution in [0, 0.1) is 5.92 Å². The van der Waals surface area contributed by atoms with Gasteiger partial charge in [-0.15, -0.1) is 0 Å². The van der Waals surface area contributed by atoms with Crippen LogP contribution in [0.4, 0.5) is 0 Å². The summed E-state index contributed by atoms with van der Waals surface area (Å²) in [5.74, 6) is 0.519. The van der Waals surface area contributed by atoms with Gasteiger partial charge in [-0.05, 0) is 31.9 Å². The molecule has 0 unspecified atom stereocenters. The molecule has 0 aromatic carbocycles. The van der Waals surface area contributed by atoms with Crippen molar-refractivity contribution in [1.29, 1.82) is 0 Å². The van der Waals surface area contributed by atoms with Crippen LogP contribution in [0.15, 0.2) is 11.3 Å². The van der Waals surface area contributed by atoms with E-state index in [0.717, 1.165) is 19.5 Å². The molecule has 0 saturated carbocycles. The first kappa shape index (κ1) is 14.5. The number of hydrogen-bond acceptors (Lipinski definition) is 4. The SMILES string of the molecule is COOC[C@H](NC1=C(C)CN(C)CC1)C(C)C. The molecule has 0 fully saturated rings. The topological polar surface area (TPSA) is 33.7 Å². The molecule has 0 amide bonds. The third-order valence-corrected chi connectivity index (χ3v) is 3.30. The normalized spacial score (nSPS) is 19.9. The Morgan fingerprint density at radius 2 is 2.12 bits per heavy atom. The molecule has 4 nitrogen and oxygen atoms in total. The second-order valence-electron chi connectivity index (χ2n) is 5.19. The highest BCUT2D eigenvalue weighted by atomic mass is 17.2. The third-order valence-electron chi connectivity index (χ3n) is 3.30. The van der Waals surface area contributed by atoms with Crippen LogP contribution < -0.4 is 5.32 Å². The van der Waals surface area contributed by atoms with Gasteiger partial charge >= 0.3 is 0 Å². The van der Waals surface area contributed by atoms with Gasteiger partial charge in [-0.1, -0.05) is 13.8 Å². The first-order chi connectivity index (χ1) is 8.04. The van der Waals surface area contributed by atoms with Gasteiger partial charge in [-0.25, -0.2) is 9.78 Å². The third kappa shape index (κ3) is 4.66. The zero-order chi connectivity index (χ0) is 12.8. The summed E-state index contributed by atoms with van der Waals surface area (Å²) in [7, 11) is 3.71. The van der Waals surface area contributed by atoms with Crippen LogP contribution in [0.25, 0.3) is 0 Å². The van der Waals surface area contributed by atoms with Crippen molar-refractivity contribution in [3.63, 3.8) is 0 Å². The van der Waals surface area contributed by atoms with Gasteiger partial charge in [0.1, 0.15) is 6.61 Å². The molecule has 0 radical (unpaired) electrons. The minimum absolute atomic E-state index is 0.309. The van der Waals surface area contributed by atoms with Gasteiger partial charge in [-0.2, -0.15) is 0 Å². The molecule has 17 heavy (non-hydrogen) atoms. The molecular weight excluding hydrogens is 216 g/mol. The Balaban J connectivity index is 2.57. The zero-order valence-electron chi connectivity index (χ0n) is 11.7. The Morgan fingerprint density at radius 3 is 2.65 bits per heavy atom. The number of rotatable bonds is 6. The summed E-state index contributed by atoms with van der Waals surface area (Å²) in [4.78, 5) is 12.1. The molecule has 0 aliphatic carbocycles. The van der Waals surface area contributed by atoms with Crippen LogP contribution in [-0.2, 0) is 9.78 Å². The summed E-state index contributed by atoms with van der Waals surface area (Å²) >= 11 is 0. The smallest absolute Gasteiger partial charge is 0.103 e. The van der Waals surface area contributed by atoms with E-state index in [1.54, 1.807) is 7.11 Å². The Kier molecular flexibility index (Phi) is 5.95. The van der Waals surface area contributed by atoms with Gasteiger partial charge in [-0.3, -0.25) is 0 Å². The summed E-state index contributed by atoms with van der Waals surface area (Å²) in [5.41, 5.74) is 2.81. The average molecular weight is 242 g/mol. The largest absolute Gasteiger partial charge is 0.383 e. The number of nitrogens with one attached hydrogen (secondary N) is 1. The maximum atomic E-state index is 5.06. The monoisotopic (exact) mass is 242 g/mol. The Morgan fingerprint density at radius 1 is 1.41 bits per heavy atom. The molecule has 1 aliphatic rings. The van der Waals surface area contributed by atoms with E-state index >= 15 is 0 Å². The fourth-order valence-electron chi connectivity index (χ4n) is 2.06. The highest BCUT2D eigenvalue weighted by Gasteiger charge is 2.19. The number of nitrogens with zero attached hydrogens (tertiary/aromatic N) is 1. The molecule has 1 N–H and O–H groups in total. The fraction of sp³-hybridized carbons (Fsp3) is 0.846. The van der Waals surface area contributed by atoms with Crippen molar-refractivity contribution in [1.82, 2.24) is 10.2 Å². The van der Waals surface area contributed by atoms with Crippen LogP contribution >= 0.6 is 0 Å². The van der Waals surface area contributed by atoms with Crippen molar-refractivity contribution in [3.8, 4) is 0 Å². The molecule has 1 rings (SSSR count). The summed E-state index contributed by atoms with van der Waals surface area (Å²) in [6, 6.07) is 0.309. The fourth-order valence-corrected chi connectivity index (χ4v) is 2.06. The predicted molar refractivity (Wildman–Crippen MR) is 69.5 cm³/mol. The molecule has 100 valence electrons. The van der Waals surface area contributed by atoms with Crippen LogP contribution in [0.3, 0.4) is 0 Å². The van der Waals surface area contributed by atoms with Crippen LogP contribution in [0.2, 0.25) is 0 Å². The van der Waals surface area contributed by atoms with E-state index in [9.17, 15) is 0 Å². The van der Waals surface area contributed by atoms with Gasteiger partial charge in [0, 0.05) is 18.8 Å². The summed E-state index contributed by atoms with van der Waals surface area (Å²) in [6.45, 7) is 9.35. The van der Waals surface area contributed by atoms with Gasteiger partial charge in [0.25, 0.3) is 0 Å². The van der Waals surface area contributed by atoms with Gasteiger partial charge in [0.2, 0.25) is 0 Å². The van der Waals surface area contributed by atoms with E-state index in [2.05, 4.69) is 38.0 Å². The van der Waals surface area contributed by atoms with Crippen molar-refractivity contribution in [2.24, 2.45) is 5.92 Å². The maximum absolute atomic E-state index is 5.06. The summed E-state index contributed by atoms with van der Waals surface area (Å²) in [5, 5.41) is 3.61. The molecule has 1 aliphatic heterocycles. The van der Waals surface area contributed by atoms with Gasteiger partial charge in [0.15, 0.2) is 0 Å². The lowest BCUT2D eigenvalue weighted by Crippen LogP contribution is -2.41. The minimum atomic E-state index is 0.309. The lowest BCUT2D eigenvalue weighted by Gasteiger charge is -2.31. The molecule has 0 bridgehead atoms. The van der Waals surface area contributed by atoms with Gasteiger partial charge in [0.05, 0.1) is 13.2 Å². The second-order valence-corrected chi connectivity index (χ2v) is 5.19. The van der Waals surface area contributed by atoms with E-state index in [1.165, 1.54) is 11.3 Å². The first-order valence-electron chi connectivity index (χ1n) is 6.34. The molecule has 0 spiro atoms. The van der Waals surface area contributed by atoms with E-state index < -0.39 is 0 Å². The van der Waals surface area contributed by atoms with E-state index in [4.69, 9.17) is 9.78 Å². The Labute approximate surface area is 105 Å². The lowest BCUT2D eigenvalue weighted by atomic mass is 10.0. The molecule has 1 atom stereocenters. The minimum Gasteiger partial charge on any atom is -0.383 e. The first-order valence-corrected chi connectivity index (χ1v) is 6.34. The van der Waals surface area contributed by atoms with Crippen molar-refractivity contribution in [3.05, 3.63) is 11.3 Å². The van der Waals surface area contributed by atoms with Gasteiger partial charge < -0.3 is 10.2 Å². The lowest BCUT2D eigenvalue weighted by molar-refractivity contribution is -0.277. The van der Waals surface area contributed by atoms with Crippen LogP contribution in [0.5, 0.6) is 0 Å². The molecule has 0 aromatic rings. The Bertz CT molecular complexity index is 264. The maximum Gasteiger partial charge on any atom is 0.103 e. The number of likely N-dealkylation sites (N-methyl/N-ethyl adjacent to an activating group) is 1. The number of hydrogen-bond donors (Lipinski definition) is 1. The highest BCUT2D eigenvalue weighted by Crippen LogP contribution is 2.16. The van der Waals surface area contributed by atoms with Crippen molar-refractivity contribution >= 4 is 0 Å². The highest BCUT2D eigenvalue weighted by molar-refractivity contribution is 5.16. The second kappa shape index (κ2) is 6.99. The van der Waals surface area contributed by atoms with Crippen molar-refractivity contribution in [2.75, 3.05) is 33.9 Å². The summed E-state index contributed by atoms with van der Waals surface area (Å²) in [6.07, 6.45) is 1.10. The van der Waals surface area contributed by atoms with Crippen molar-refractivity contribution < 1.29 is 9.78 Å². The molecule has 4 heteroatoms. The van der Waals surface area contributed by atoms with E-state index in [-0.39, 0.29) is 0 Å².